The first-order valence-electron chi connectivity index (χ1n) is 10.5. The van der Waals surface area contributed by atoms with Crippen LogP contribution in [0, 0.1) is 0 Å². The first kappa shape index (κ1) is 22.4. The summed E-state index contributed by atoms with van der Waals surface area (Å²) in [4.78, 5) is 38.7. The highest BCUT2D eigenvalue weighted by atomic mass is 35.5. The number of nitrogens with one attached hydrogen (secondary N) is 2. The highest BCUT2D eigenvalue weighted by molar-refractivity contribution is 6.30. The van der Waals surface area contributed by atoms with Crippen LogP contribution in [0.25, 0.3) is 0 Å². The van der Waals surface area contributed by atoms with Crippen LogP contribution in [0.15, 0.2) is 72.8 Å². The molecule has 0 unspecified atom stereocenters. The Hall–Kier alpha value is -3.84. The Kier molecular flexibility index (Phi) is 6.90. The predicted molar refractivity (Wildman–Crippen MR) is 128 cm³/mol. The third-order valence-electron chi connectivity index (χ3n) is 5.14. The third kappa shape index (κ3) is 5.70. The molecule has 8 heteroatoms. The van der Waals surface area contributed by atoms with Crippen LogP contribution in [0.5, 0.6) is 5.75 Å². The molecular formula is C25H22ClN3O4. The van der Waals surface area contributed by atoms with Gasteiger partial charge in [-0.2, -0.15) is 0 Å². The summed E-state index contributed by atoms with van der Waals surface area (Å²) in [7, 11) is 0. The SMILES string of the molecule is O=C(COc1ccc(N2CCCC2=O)cc1)Nc1ccccc1C(=O)Nc1ccc(Cl)cc1. The van der Waals surface area contributed by atoms with Gasteiger partial charge in [0, 0.05) is 29.4 Å². The van der Waals surface area contributed by atoms with Gasteiger partial charge in [0.05, 0.1) is 11.3 Å². The summed E-state index contributed by atoms with van der Waals surface area (Å²) in [6.07, 6.45) is 1.42. The van der Waals surface area contributed by atoms with Crippen molar-refractivity contribution in [2.75, 3.05) is 28.7 Å². The Labute approximate surface area is 196 Å². The Morgan fingerprint density at radius 1 is 0.939 bits per heavy atom. The topological polar surface area (TPSA) is 87.7 Å². The predicted octanol–water partition coefficient (Wildman–Crippen LogP) is 4.74. The molecule has 1 fully saturated rings. The molecule has 3 amide bonds. The molecule has 33 heavy (non-hydrogen) atoms. The van der Waals surface area contributed by atoms with E-state index in [0.717, 1.165) is 12.1 Å². The average molecular weight is 464 g/mol. The maximum atomic E-state index is 12.7. The molecule has 0 bridgehead atoms. The monoisotopic (exact) mass is 463 g/mol. The number of halogens is 1. The fourth-order valence-electron chi connectivity index (χ4n) is 3.50. The van der Waals surface area contributed by atoms with Crippen molar-refractivity contribution < 1.29 is 19.1 Å². The molecule has 0 aromatic heterocycles. The van der Waals surface area contributed by atoms with E-state index in [9.17, 15) is 14.4 Å². The molecule has 0 atom stereocenters. The molecular weight excluding hydrogens is 442 g/mol. The zero-order valence-corrected chi connectivity index (χ0v) is 18.5. The van der Waals surface area contributed by atoms with Gasteiger partial charge in [-0.1, -0.05) is 23.7 Å². The molecule has 4 rings (SSSR count). The number of hydrogen-bond donors (Lipinski definition) is 2. The molecule has 1 aliphatic rings. The molecule has 0 radical (unpaired) electrons. The van der Waals surface area contributed by atoms with E-state index < -0.39 is 5.91 Å². The standard InChI is InChI=1S/C25H22ClN3O4/c26-17-7-9-18(10-8-17)27-25(32)21-4-1-2-5-22(21)28-23(30)16-33-20-13-11-19(12-14-20)29-15-3-6-24(29)31/h1-2,4-5,7-14H,3,6,15-16H2,(H,27,32)(H,28,30). The number of anilines is 3. The molecule has 1 heterocycles. The molecule has 1 saturated heterocycles. The minimum atomic E-state index is -0.402. The van der Waals surface area contributed by atoms with Crippen LogP contribution in [0.4, 0.5) is 17.1 Å². The van der Waals surface area contributed by atoms with Crippen molar-refractivity contribution in [3.8, 4) is 5.75 Å². The van der Waals surface area contributed by atoms with Crippen molar-refractivity contribution in [1.29, 1.82) is 0 Å². The van der Waals surface area contributed by atoms with Crippen molar-refractivity contribution >= 4 is 46.4 Å². The number of hydrogen-bond acceptors (Lipinski definition) is 4. The summed E-state index contributed by atoms with van der Waals surface area (Å²) in [5, 5.41) is 6.07. The maximum Gasteiger partial charge on any atom is 0.262 e. The second-order valence-corrected chi connectivity index (χ2v) is 7.92. The van der Waals surface area contributed by atoms with Crippen molar-refractivity contribution in [1.82, 2.24) is 0 Å². The minimum Gasteiger partial charge on any atom is -0.484 e. The summed E-state index contributed by atoms with van der Waals surface area (Å²) >= 11 is 5.88. The van der Waals surface area contributed by atoms with Crippen LogP contribution in [0.1, 0.15) is 23.2 Å². The quantitative estimate of drug-likeness (QED) is 0.530. The van der Waals surface area contributed by atoms with E-state index in [0.29, 0.717) is 40.7 Å². The van der Waals surface area contributed by atoms with E-state index in [1.54, 1.807) is 77.7 Å². The summed E-state index contributed by atoms with van der Waals surface area (Å²) in [5.74, 6) is -0.141. The second kappa shape index (κ2) is 10.2. The summed E-state index contributed by atoms with van der Waals surface area (Å²) in [6.45, 7) is 0.488. The average Bonchev–Trinajstić information content (AvgIpc) is 3.25. The van der Waals surface area contributed by atoms with E-state index in [-0.39, 0.29) is 18.4 Å². The van der Waals surface area contributed by atoms with Crippen molar-refractivity contribution in [2.24, 2.45) is 0 Å². The van der Waals surface area contributed by atoms with E-state index >= 15 is 0 Å². The van der Waals surface area contributed by atoms with Crippen LogP contribution in [0.2, 0.25) is 5.02 Å². The van der Waals surface area contributed by atoms with Gasteiger partial charge in [-0.15, -0.1) is 0 Å². The molecule has 0 aliphatic carbocycles. The first-order chi connectivity index (χ1) is 16.0. The van der Waals surface area contributed by atoms with Gasteiger partial charge in [0.1, 0.15) is 5.75 Å². The van der Waals surface area contributed by atoms with E-state index in [4.69, 9.17) is 16.3 Å². The van der Waals surface area contributed by atoms with Crippen LogP contribution < -0.4 is 20.3 Å². The van der Waals surface area contributed by atoms with Gasteiger partial charge in [0.2, 0.25) is 5.91 Å². The smallest absolute Gasteiger partial charge is 0.262 e. The number of benzene rings is 3. The highest BCUT2D eigenvalue weighted by Crippen LogP contribution is 2.24. The molecule has 7 nitrogen and oxygen atoms in total. The van der Waals surface area contributed by atoms with Crippen LogP contribution in [-0.4, -0.2) is 30.9 Å². The lowest BCUT2D eigenvalue weighted by atomic mass is 10.1. The minimum absolute atomic E-state index is 0.113. The number of para-hydroxylation sites is 1. The molecule has 168 valence electrons. The number of amides is 3. The van der Waals surface area contributed by atoms with Crippen molar-refractivity contribution in [2.45, 2.75) is 12.8 Å². The zero-order chi connectivity index (χ0) is 23.2. The lowest BCUT2D eigenvalue weighted by Gasteiger charge is -2.16. The van der Waals surface area contributed by atoms with E-state index in [2.05, 4.69) is 10.6 Å². The molecule has 0 saturated carbocycles. The molecule has 3 aromatic rings. The van der Waals surface area contributed by atoms with Gasteiger partial charge in [-0.3, -0.25) is 14.4 Å². The van der Waals surface area contributed by atoms with Gasteiger partial charge < -0.3 is 20.3 Å². The second-order valence-electron chi connectivity index (χ2n) is 7.49. The number of ether oxygens (including phenoxy) is 1. The van der Waals surface area contributed by atoms with Crippen LogP contribution in [0.3, 0.4) is 0 Å². The largest absolute Gasteiger partial charge is 0.484 e. The first-order valence-corrected chi connectivity index (χ1v) is 10.9. The lowest BCUT2D eigenvalue weighted by molar-refractivity contribution is -0.118. The van der Waals surface area contributed by atoms with Crippen LogP contribution >= 0.6 is 11.6 Å². The Morgan fingerprint density at radius 2 is 1.67 bits per heavy atom. The Balaban J connectivity index is 1.34. The molecule has 3 aromatic carbocycles. The van der Waals surface area contributed by atoms with E-state index in [1.165, 1.54) is 0 Å². The Morgan fingerprint density at radius 3 is 2.36 bits per heavy atom. The van der Waals surface area contributed by atoms with E-state index in [1.807, 2.05) is 0 Å². The van der Waals surface area contributed by atoms with Gasteiger partial charge in [0.15, 0.2) is 6.61 Å². The lowest BCUT2D eigenvalue weighted by Crippen LogP contribution is -2.24. The van der Waals surface area contributed by atoms with Crippen molar-refractivity contribution in [3.05, 3.63) is 83.4 Å². The van der Waals surface area contributed by atoms with Crippen molar-refractivity contribution in [3.63, 3.8) is 0 Å². The zero-order valence-electron chi connectivity index (χ0n) is 17.7. The number of carbonyl (C=O) groups is 3. The summed E-state index contributed by atoms with van der Waals surface area (Å²) in [6, 6.07) is 20.5. The van der Waals surface area contributed by atoms with Crippen LogP contribution in [-0.2, 0) is 9.59 Å². The van der Waals surface area contributed by atoms with Gasteiger partial charge in [-0.25, -0.2) is 0 Å². The highest BCUT2D eigenvalue weighted by Gasteiger charge is 2.21. The number of rotatable bonds is 7. The fraction of sp³-hybridized carbons (Fsp3) is 0.160. The molecule has 2 N–H and O–H groups in total. The van der Waals surface area contributed by atoms with Gasteiger partial charge >= 0.3 is 0 Å². The number of carbonyl (C=O) groups excluding carboxylic acids is 3. The van der Waals surface area contributed by atoms with Gasteiger partial charge in [0.25, 0.3) is 11.8 Å². The fourth-order valence-corrected chi connectivity index (χ4v) is 3.63. The summed E-state index contributed by atoms with van der Waals surface area (Å²) < 4.78 is 5.56. The number of nitrogens with zero attached hydrogens (tertiary/aromatic N) is 1. The molecule has 1 aliphatic heterocycles. The van der Waals surface area contributed by atoms with Gasteiger partial charge in [-0.05, 0) is 67.1 Å². The molecule has 0 spiro atoms. The summed E-state index contributed by atoms with van der Waals surface area (Å²) in [5.41, 5.74) is 2.10. The maximum absolute atomic E-state index is 12.7. The third-order valence-corrected chi connectivity index (χ3v) is 5.39. The normalized spacial score (nSPS) is 13.0. The Bertz CT molecular complexity index is 1160.